The number of nitrogens with one attached hydrogen (secondary N) is 1. The van der Waals surface area contributed by atoms with Crippen molar-refractivity contribution in [3.8, 4) is 11.8 Å². The Balaban J connectivity index is 1.72. The van der Waals surface area contributed by atoms with Crippen molar-refractivity contribution in [2.24, 2.45) is 5.73 Å². The molecule has 0 amide bonds. The Morgan fingerprint density at radius 3 is 2.71 bits per heavy atom. The summed E-state index contributed by atoms with van der Waals surface area (Å²) in [6.07, 6.45) is 3.86. The highest BCUT2D eigenvalue weighted by atomic mass is 16.5. The Morgan fingerprint density at radius 2 is 1.97 bits per heavy atom. The number of rotatable bonds is 3. The number of nitriles is 1. The van der Waals surface area contributed by atoms with Crippen LogP contribution in [0.1, 0.15) is 30.7 Å². The average Bonchev–Trinajstić information content (AvgIpc) is 3.26. The van der Waals surface area contributed by atoms with Gasteiger partial charge in [0.2, 0.25) is 0 Å². The van der Waals surface area contributed by atoms with E-state index in [-0.39, 0.29) is 5.78 Å². The summed E-state index contributed by atoms with van der Waals surface area (Å²) in [7, 11) is 1.62. The van der Waals surface area contributed by atoms with E-state index in [1.165, 1.54) is 0 Å². The minimum Gasteiger partial charge on any atom is -0.497 e. The van der Waals surface area contributed by atoms with Crippen molar-refractivity contribution in [1.82, 2.24) is 4.98 Å². The lowest BCUT2D eigenvalue weighted by atomic mass is 9.75. The summed E-state index contributed by atoms with van der Waals surface area (Å²) in [5.41, 5.74) is 11.3. The largest absolute Gasteiger partial charge is 0.497 e. The van der Waals surface area contributed by atoms with Crippen LogP contribution < -0.4 is 15.4 Å². The molecule has 5 rings (SSSR count). The molecule has 1 aromatic heterocycles. The average molecular weight is 410 g/mol. The molecule has 0 saturated heterocycles. The summed E-state index contributed by atoms with van der Waals surface area (Å²) < 4.78 is 5.27. The van der Waals surface area contributed by atoms with Gasteiger partial charge in [0.15, 0.2) is 5.78 Å². The van der Waals surface area contributed by atoms with Crippen LogP contribution in [0, 0.1) is 11.3 Å². The smallest absolute Gasteiger partial charge is 0.161 e. The summed E-state index contributed by atoms with van der Waals surface area (Å²) in [5, 5.41) is 11.2. The molecule has 3 N–H and O–H groups in total. The fourth-order valence-corrected chi connectivity index (χ4v) is 4.70. The van der Waals surface area contributed by atoms with Crippen LogP contribution in [-0.2, 0) is 4.79 Å². The minimum absolute atomic E-state index is 0.0826. The first-order valence-corrected chi connectivity index (χ1v) is 10.3. The molecule has 0 spiro atoms. The molecule has 2 aliphatic rings. The number of benzene rings is 2. The third kappa shape index (κ3) is 2.98. The van der Waals surface area contributed by atoms with E-state index in [9.17, 15) is 10.1 Å². The predicted octanol–water partition coefficient (Wildman–Crippen LogP) is 4.48. The number of nitrogens with zero attached hydrogens (tertiary/aromatic N) is 2. The number of carbonyl (C=O) groups is 1. The molecule has 154 valence electrons. The van der Waals surface area contributed by atoms with Crippen LogP contribution in [0.5, 0.6) is 5.75 Å². The predicted molar refractivity (Wildman–Crippen MR) is 119 cm³/mol. The number of hydrogen-bond acceptors (Lipinski definition) is 5. The van der Waals surface area contributed by atoms with E-state index in [0.29, 0.717) is 23.4 Å². The molecule has 0 fully saturated rings. The van der Waals surface area contributed by atoms with Gasteiger partial charge >= 0.3 is 0 Å². The highest BCUT2D eigenvalue weighted by Gasteiger charge is 2.40. The van der Waals surface area contributed by atoms with E-state index in [4.69, 9.17) is 10.5 Å². The minimum atomic E-state index is -0.457. The molecule has 0 radical (unpaired) electrons. The van der Waals surface area contributed by atoms with Gasteiger partial charge in [0, 0.05) is 35.1 Å². The molecule has 31 heavy (non-hydrogen) atoms. The fourth-order valence-electron chi connectivity index (χ4n) is 4.70. The maximum absolute atomic E-state index is 13.2. The van der Waals surface area contributed by atoms with E-state index < -0.39 is 5.92 Å². The van der Waals surface area contributed by atoms with Crippen LogP contribution in [0.2, 0.25) is 0 Å². The Bertz CT molecular complexity index is 1290. The van der Waals surface area contributed by atoms with Crippen LogP contribution in [0.15, 0.2) is 77.4 Å². The molecule has 0 saturated carbocycles. The third-order valence-electron chi connectivity index (χ3n) is 6.15. The van der Waals surface area contributed by atoms with Crippen LogP contribution in [0.3, 0.4) is 0 Å². The number of anilines is 1. The van der Waals surface area contributed by atoms with Gasteiger partial charge in [-0.05, 0) is 66.3 Å². The highest BCUT2D eigenvalue weighted by Crippen LogP contribution is 2.46. The first-order valence-electron chi connectivity index (χ1n) is 10.3. The number of hydrogen-bond donors (Lipinski definition) is 2. The number of methoxy groups -OCH3 is 1. The number of aromatic amines is 1. The maximum atomic E-state index is 13.2. The molecule has 1 aliphatic heterocycles. The van der Waals surface area contributed by atoms with Gasteiger partial charge in [-0.15, -0.1) is 0 Å². The molecular weight excluding hydrogens is 388 g/mol. The quantitative estimate of drug-likeness (QED) is 0.664. The fraction of sp³-hybridized carbons (Fsp3) is 0.200. The maximum Gasteiger partial charge on any atom is 0.161 e. The van der Waals surface area contributed by atoms with Crippen LogP contribution in [-0.4, -0.2) is 17.9 Å². The molecule has 6 heteroatoms. The van der Waals surface area contributed by atoms with E-state index in [0.717, 1.165) is 46.4 Å². The Hall–Kier alpha value is -3.98. The summed E-state index contributed by atoms with van der Waals surface area (Å²) >= 11 is 0. The van der Waals surface area contributed by atoms with Crippen LogP contribution >= 0.6 is 0 Å². The van der Waals surface area contributed by atoms with E-state index in [1.807, 2.05) is 59.6 Å². The van der Waals surface area contributed by atoms with E-state index in [2.05, 4.69) is 11.1 Å². The lowest BCUT2D eigenvalue weighted by molar-refractivity contribution is -0.116. The Labute approximate surface area is 180 Å². The van der Waals surface area contributed by atoms with Gasteiger partial charge in [0.25, 0.3) is 0 Å². The summed E-state index contributed by atoms with van der Waals surface area (Å²) in [6.45, 7) is 0. The van der Waals surface area contributed by atoms with Gasteiger partial charge in [-0.2, -0.15) is 5.26 Å². The summed E-state index contributed by atoms with van der Waals surface area (Å²) in [5.74, 6) is 0.733. The number of nitrogens with two attached hydrogens (primary N) is 1. The molecule has 0 unspecified atom stereocenters. The van der Waals surface area contributed by atoms with Gasteiger partial charge in [-0.25, -0.2) is 0 Å². The number of fused-ring (bicyclic) bond motifs is 1. The van der Waals surface area contributed by atoms with E-state index in [1.54, 1.807) is 7.11 Å². The van der Waals surface area contributed by atoms with Crippen molar-refractivity contribution >= 4 is 22.4 Å². The number of Topliss-reactive ketones (excluding diaryl/α,β-unsaturated/α-hetero) is 1. The zero-order valence-electron chi connectivity index (χ0n) is 17.2. The molecule has 3 aromatic rings. The lowest BCUT2D eigenvalue weighted by Crippen LogP contribution is -2.38. The summed E-state index contributed by atoms with van der Waals surface area (Å²) in [4.78, 5) is 18.2. The number of aromatic nitrogens is 1. The zero-order valence-corrected chi connectivity index (χ0v) is 17.2. The molecule has 6 nitrogen and oxygen atoms in total. The van der Waals surface area contributed by atoms with Gasteiger partial charge < -0.3 is 15.5 Å². The second-order valence-electron chi connectivity index (χ2n) is 7.84. The zero-order chi connectivity index (χ0) is 21.5. The molecule has 2 heterocycles. The molecule has 2 aromatic carbocycles. The van der Waals surface area contributed by atoms with Crippen molar-refractivity contribution in [3.63, 3.8) is 0 Å². The first kappa shape index (κ1) is 19.0. The van der Waals surface area contributed by atoms with Gasteiger partial charge in [-0.1, -0.05) is 6.07 Å². The topological polar surface area (TPSA) is 95.1 Å². The second-order valence-corrected chi connectivity index (χ2v) is 7.84. The lowest BCUT2D eigenvalue weighted by Gasteiger charge is -2.39. The van der Waals surface area contributed by atoms with Crippen LogP contribution in [0.25, 0.3) is 10.9 Å². The number of allylic oxidation sites excluding steroid dienone is 3. The molecular formula is C25H22N4O2. The highest BCUT2D eigenvalue weighted by molar-refractivity contribution is 6.01. The van der Waals surface area contributed by atoms with Crippen molar-refractivity contribution in [1.29, 1.82) is 5.26 Å². The van der Waals surface area contributed by atoms with Gasteiger partial charge in [0.05, 0.1) is 24.7 Å². The van der Waals surface area contributed by atoms with Crippen LogP contribution in [0.4, 0.5) is 5.69 Å². The van der Waals surface area contributed by atoms with Gasteiger partial charge in [0.1, 0.15) is 11.6 Å². The monoisotopic (exact) mass is 410 g/mol. The first-order chi connectivity index (χ1) is 15.1. The molecule has 1 atom stereocenters. The van der Waals surface area contributed by atoms with Crippen molar-refractivity contribution < 1.29 is 9.53 Å². The van der Waals surface area contributed by atoms with Crippen molar-refractivity contribution in [2.75, 3.05) is 12.0 Å². The standard InChI is InChI=1S/C25H22N4O2/c1-31-18-8-6-17(7-9-18)29-21-3-2-4-22(30)24(21)23(19(14-26)25(29)27)16-5-10-20-15(13-16)11-12-28-20/h5-13,23,28H,2-4,27H2,1H3/t23-/m0/s1. The van der Waals surface area contributed by atoms with Crippen molar-refractivity contribution in [2.45, 2.75) is 25.2 Å². The number of ether oxygens (including phenoxy) is 1. The Kier molecular flexibility index (Phi) is 4.52. The van der Waals surface area contributed by atoms with E-state index >= 15 is 0 Å². The second kappa shape index (κ2) is 7.37. The molecule has 0 bridgehead atoms. The summed E-state index contributed by atoms with van der Waals surface area (Å²) in [6, 6.07) is 17.8. The normalized spacial score (nSPS) is 18.9. The number of ketones is 1. The SMILES string of the molecule is COc1ccc(N2C(N)=C(C#N)[C@H](c3ccc4[nH]ccc4c3)C3=C2CCCC3=O)cc1. The molecule has 1 aliphatic carbocycles. The van der Waals surface area contributed by atoms with Gasteiger partial charge in [-0.3, -0.25) is 9.69 Å². The number of H-pyrrole nitrogens is 1. The number of carbonyl (C=O) groups excluding carboxylic acids is 1. The Morgan fingerprint density at radius 1 is 1.16 bits per heavy atom. The van der Waals surface area contributed by atoms with Crippen molar-refractivity contribution in [3.05, 3.63) is 83.0 Å². The third-order valence-corrected chi connectivity index (χ3v) is 6.15.